The molecule has 1 aliphatic rings. The van der Waals surface area contributed by atoms with Gasteiger partial charge in [0, 0.05) is 24.8 Å². The van der Waals surface area contributed by atoms with Gasteiger partial charge in [-0.15, -0.1) is 0 Å². The van der Waals surface area contributed by atoms with Crippen LogP contribution in [0.4, 0.5) is 5.69 Å². The molecule has 2 rings (SSSR count). The summed E-state index contributed by atoms with van der Waals surface area (Å²) in [5.74, 6) is 0.0649. The molecular formula is C17H27N3O. The molecule has 1 aliphatic heterocycles. The van der Waals surface area contributed by atoms with Crippen molar-refractivity contribution in [1.29, 1.82) is 0 Å². The number of carbonyl (C=O) groups excluding carboxylic acids is 1. The molecule has 4 nitrogen and oxygen atoms in total. The van der Waals surface area contributed by atoms with E-state index in [9.17, 15) is 4.79 Å². The molecule has 1 unspecified atom stereocenters. The molecule has 0 aromatic heterocycles. The van der Waals surface area contributed by atoms with Gasteiger partial charge in [0.05, 0.1) is 5.41 Å². The summed E-state index contributed by atoms with van der Waals surface area (Å²) in [6.45, 7) is 6.49. The maximum absolute atomic E-state index is 12.5. The third-order valence-electron chi connectivity index (χ3n) is 4.27. The number of nitrogens with one attached hydrogen (secondary N) is 1. The van der Waals surface area contributed by atoms with Crippen molar-refractivity contribution in [2.24, 2.45) is 11.1 Å². The third kappa shape index (κ3) is 4.29. The monoisotopic (exact) mass is 289 g/mol. The first-order valence-electron chi connectivity index (χ1n) is 7.83. The van der Waals surface area contributed by atoms with Gasteiger partial charge in [-0.25, -0.2) is 0 Å². The maximum Gasteiger partial charge on any atom is 0.231 e. The summed E-state index contributed by atoms with van der Waals surface area (Å²) in [7, 11) is 0. The molecule has 1 saturated heterocycles. The van der Waals surface area contributed by atoms with Crippen molar-refractivity contribution in [2.75, 3.05) is 25.0 Å². The molecule has 116 valence electrons. The second kappa shape index (κ2) is 7.05. The lowest BCUT2D eigenvalue weighted by Crippen LogP contribution is -2.50. The molecule has 1 atom stereocenters. The van der Waals surface area contributed by atoms with Crippen molar-refractivity contribution in [3.8, 4) is 0 Å². The van der Waals surface area contributed by atoms with Crippen molar-refractivity contribution in [3.05, 3.63) is 30.3 Å². The van der Waals surface area contributed by atoms with Crippen LogP contribution >= 0.6 is 0 Å². The van der Waals surface area contributed by atoms with Crippen molar-refractivity contribution in [1.82, 2.24) is 4.90 Å². The van der Waals surface area contributed by atoms with Gasteiger partial charge in [-0.2, -0.15) is 0 Å². The van der Waals surface area contributed by atoms with E-state index in [2.05, 4.69) is 10.2 Å². The Morgan fingerprint density at radius 3 is 2.71 bits per heavy atom. The van der Waals surface area contributed by atoms with Crippen molar-refractivity contribution < 1.29 is 4.79 Å². The van der Waals surface area contributed by atoms with Crippen LogP contribution in [0.3, 0.4) is 0 Å². The van der Waals surface area contributed by atoms with Crippen LogP contribution in [0.25, 0.3) is 0 Å². The number of amides is 1. The summed E-state index contributed by atoms with van der Waals surface area (Å²) in [6.07, 6.45) is 3.59. The predicted molar refractivity (Wildman–Crippen MR) is 87.1 cm³/mol. The molecule has 1 aromatic rings. The standard InChI is InChI=1S/C17H27N3O/c1-17(2,13-20-11-7-6-10-15(20)12-18)16(21)19-14-8-4-3-5-9-14/h3-5,8-9,15H,6-7,10-13,18H2,1-2H3,(H,19,21). The summed E-state index contributed by atoms with van der Waals surface area (Å²) < 4.78 is 0. The zero-order valence-electron chi connectivity index (χ0n) is 13.1. The van der Waals surface area contributed by atoms with Crippen molar-refractivity contribution in [3.63, 3.8) is 0 Å². The molecule has 21 heavy (non-hydrogen) atoms. The van der Waals surface area contributed by atoms with Crippen LogP contribution in [0.2, 0.25) is 0 Å². The Balaban J connectivity index is 1.98. The quantitative estimate of drug-likeness (QED) is 0.875. The molecule has 0 aliphatic carbocycles. The highest BCUT2D eigenvalue weighted by Gasteiger charge is 2.33. The average molecular weight is 289 g/mol. The van der Waals surface area contributed by atoms with Gasteiger partial charge in [-0.05, 0) is 45.4 Å². The molecule has 3 N–H and O–H groups in total. The Bertz CT molecular complexity index is 458. The lowest BCUT2D eigenvalue weighted by Gasteiger charge is -2.39. The second-order valence-corrected chi connectivity index (χ2v) is 6.56. The average Bonchev–Trinajstić information content (AvgIpc) is 2.48. The number of anilines is 1. The minimum absolute atomic E-state index is 0.0649. The van der Waals surface area contributed by atoms with E-state index in [0.717, 1.165) is 25.2 Å². The zero-order valence-corrected chi connectivity index (χ0v) is 13.1. The highest BCUT2D eigenvalue weighted by Crippen LogP contribution is 2.25. The predicted octanol–water partition coefficient (Wildman–Crippen LogP) is 2.46. The number of likely N-dealkylation sites (tertiary alicyclic amines) is 1. The topological polar surface area (TPSA) is 58.4 Å². The van der Waals surface area contributed by atoms with E-state index < -0.39 is 5.41 Å². The van der Waals surface area contributed by atoms with E-state index in [4.69, 9.17) is 5.73 Å². The Morgan fingerprint density at radius 2 is 2.05 bits per heavy atom. The zero-order chi connectivity index (χ0) is 15.3. The number of hydrogen-bond donors (Lipinski definition) is 2. The Kier molecular flexibility index (Phi) is 5.37. The third-order valence-corrected chi connectivity index (χ3v) is 4.27. The molecule has 0 spiro atoms. The van der Waals surface area contributed by atoms with E-state index >= 15 is 0 Å². The normalized spacial score (nSPS) is 20.2. The fourth-order valence-corrected chi connectivity index (χ4v) is 2.94. The Hall–Kier alpha value is -1.39. The lowest BCUT2D eigenvalue weighted by atomic mass is 9.89. The first kappa shape index (κ1) is 16.0. The number of hydrogen-bond acceptors (Lipinski definition) is 3. The molecule has 1 fully saturated rings. The number of nitrogens with zero attached hydrogens (tertiary/aromatic N) is 1. The number of carbonyl (C=O) groups is 1. The number of para-hydroxylation sites is 1. The van der Waals surface area contributed by atoms with Crippen LogP contribution in [-0.2, 0) is 4.79 Å². The van der Waals surface area contributed by atoms with E-state index in [0.29, 0.717) is 12.6 Å². The van der Waals surface area contributed by atoms with Gasteiger partial charge < -0.3 is 11.1 Å². The largest absolute Gasteiger partial charge is 0.329 e. The molecule has 0 bridgehead atoms. The Labute approximate surface area is 127 Å². The van der Waals surface area contributed by atoms with Gasteiger partial charge in [-0.3, -0.25) is 9.69 Å². The molecule has 0 saturated carbocycles. The number of piperidine rings is 1. The van der Waals surface area contributed by atoms with Crippen molar-refractivity contribution in [2.45, 2.75) is 39.2 Å². The van der Waals surface area contributed by atoms with Gasteiger partial charge in [0.2, 0.25) is 5.91 Å². The van der Waals surface area contributed by atoms with E-state index in [1.807, 2.05) is 44.2 Å². The van der Waals surface area contributed by atoms with Crippen LogP contribution in [0.5, 0.6) is 0 Å². The highest BCUT2D eigenvalue weighted by atomic mass is 16.2. The first-order valence-corrected chi connectivity index (χ1v) is 7.83. The molecule has 1 aromatic carbocycles. The number of rotatable bonds is 5. The van der Waals surface area contributed by atoms with Crippen LogP contribution in [-0.4, -0.2) is 36.5 Å². The maximum atomic E-state index is 12.5. The van der Waals surface area contributed by atoms with E-state index in [1.165, 1.54) is 12.8 Å². The summed E-state index contributed by atoms with van der Waals surface area (Å²) in [5.41, 5.74) is 6.29. The van der Waals surface area contributed by atoms with E-state index in [1.54, 1.807) is 0 Å². The second-order valence-electron chi connectivity index (χ2n) is 6.56. The minimum Gasteiger partial charge on any atom is -0.329 e. The van der Waals surface area contributed by atoms with Crippen LogP contribution in [0, 0.1) is 5.41 Å². The summed E-state index contributed by atoms with van der Waals surface area (Å²) >= 11 is 0. The van der Waals surface area contributed by atoms with Gasteiger partial charge in [0.1, 0.15) is 0 Å². The fourth-order valence-electron chi connectivity index (χ4n) is 2.94. The van der Waals surface area contributed by atoms with Gasteiger partial charge in [-0.1, -0.05) is 24.6 Å². The van der Waals surface area contributed by atoms with E-state index in [-0.39, 0.29) is 5.91 Å². The molecule has 1 amide bonds. The fraction of sp³-hybridized carbons (Fsp3) is 0.588. The van der Waals surface area contributed by atoms with Crippen molar-refractivity contribution >= 4 is 11.6 Å². The van der Waals surface area contributed by atoms with Gasteiger partial charge >= 0.3 is 0 Å². The van der Waals surface area contributed by atoms with Crippen LogP contribution < -0.4 is 11.1 Å². The minimum atomic E-state index is -0.430. The molecule has 1 heterocycles. The summed E-state index contributed by atoms with van der Waals surface area (Å²) in [6, 6.07) is 10.0. The summed E-state index contributed by atoms with van der Waals surface area (Å²) in [4.78, 5) is 14.9. The number of benzene rings is 1. The molecular weight excluding hydrogens is 262 g/mol. The Morgan fingerprint density at radius 1 is 1.33 bits per heavy atom. The van der Waals surface area contributed by atoms with Gasteiger partial charge in [0.15, 0.2) is 0 Å². The first-order chi connectivity index (χ1) is 10.0. The highest BCUT2D eigenvalue weighted by molar-refractivity contribution is 5.94. The number of nitrogens with two attached hydrogens (primary N) is 1. The summed E-state index contributed by atoms with van der Waals surface area (Å²) in [5, 5.41) is 3.01. The van der Waals surface area contributed by atoms with Crippen LogP contribution in [0.15, 0.2) is 30.3 Å². The smallest absolute Gasteiger partial charge is 0.231 e. The molecule has 4 heteroatoms. The molecule has 0 radical (unpaired) electrons. The van der Waals surface area contributed by atoms with Gasteiger partial charge in [0.25, 0.3) is 0 Å². The SMILES string of the molecule is CC(C)(CN1CCCCC1CN)C(=O)Nc1ccccc1. The van der Waals surface area contributed by atoms with Crippen LogP contribution in [0.1, 0.15) is 33.1 Å². The lowest BCUT2D eigenvalue weighted by molar-refractivity contribution is -0.125.